The number of rotatable bonds is 2. The first-order chi connectivity index (χ1) is 8.88. The van der Waals surface area contributed by atoms with Crippen LogP contribution >= 0.6 is 0 Å². The van der Waals surface area contributed by atoms with Crippen molar-refractivity contribution in [3.63, 3.8) is 0 Å². The summed E-state index contributed by atoms with van der Waals surface area (Å²) in [6, 6.07) is 3.51. The van der Waals surface area contributed by atoms with E-state index in [1.54, 1.807) is 6.92 Å². The summed E-state index contributed by atoms with van der Waals surface area (Å²) < 4.78 is 38.0. The molecule has 1 aromatic rings. The summed E-state index contributed by atoms with van der Waals surface area (Å²) in [4.78, 5) is 0. The molecule has 19 heavy (non-hydrogen) atoms. The van der Waals surface area contributed by atoms with Gasteiger partial charge in [0.25, 0.3) is 0 Å². The summed E-state index contributed by atoms with van der Waals surface area (Å²) in [6.45, 7) is 1.76. The molecule has 1 fully saturated rings. The van der Waals surface area contributed by atoms with Crippen LogP contribution in [0.25, 0.3) is 0 Å². The second kappa shape index (κ2) is 5.41. The van der Waals surface area contributed by atoms with Crippen LogP contribution in [0.2, 0.25) is 0 Å². The van der Waals surface area contributed by atoms with E-state index in [9.17, 15) is 18.3 Å². The fourth-order valence-electron chi connectivity index (χ4n) is 2.43. The van der Waals surface area contributed by atoms with Gasteiger partial charge in [-0.15, -0.1) is 0 Å². The molecule has 0 saturated heterocycles. The van der Waals surface area contributed by atoms with Gasteiger partial charge < -0.3 is 10.4 Å². The van der Waals surface area contributed by atoms with E-state index in [-0.39, 0.29) is 6.04 Å². The first-order valence-electron chi connectivity index (χ1n) is 6.50. The fourth-order valence-corrected chi connectivity index (χ4v) is 2.43. The van der Waals surface area contributed by atoms with Crippen LogP contribution in [0.4, 0.5) is 18.9 Å². The Morgan fingerprint density at radius 1 is 1.21 bits per heavy atom. The Hall–Kier alpha value is -1.23. The van der Waals surface area contributed by atoms with Gasteiger partial charge in [-0.3, -0.25) is 0 Å². The normalized spacial score (nSPS) is 24.3. The average molecular weight is 273 g/mol. The molecular weight excluding hydrogens is 255 g/mol. The minimum atomic E-state index is -4.34. The summed E-state index contributed by atoms with van der Waals surface area (Å²) in [6.07, 6.45) is -1.36. The predicted octanol–water partition coefficient (Wildman–Crippen LogP) is 3.73. The Kier molecular flexibility index (Phi) is 4.04. The zero-order chi connectivity index (χ0) is 14.0. The lowest BCUT2D eigenvalue weighted by molar-refractivity contribution is -0.137. The van der Waals surface area contributed by atoms with Crippen LogP contribution in [-0.2, 0) is 6.18 Å². The van der Waals surface area contributed by atoms with Crippen molar-refractivity contribution >= 4 is 5.69 Å². The molecule has 2 rings (SSSR count). The summed E-state index contributed by atoms with van der Waals surface area (Å²) in [7, 11) is 0. The molecule has 2 nitrogen and oxygen atoms in total. The van der Waals surface area contributed by atoms with Gasteiger partial charge in [-0.05, 0) is 37.5 Å². The molecule has 106 valence electrons. The number of hydrogen-bond acceptors (Lipinski definition) is 2. The Balaban J connectivity index is 2.19. The lowest BCUT2D eigenvalue weighted by atomic mass is 9.92. The maximum atomic E-state index is 12.7. The van der Waals surface area contributed by atoms with E-state index in [1.807, 2.05) is 0 Å². The molecule has 1 saturated carbocycles. The van der Waals surface area contributed by atoms with Gasteiger partial charge in [-0.1, -0.05) is 18.9 Å². The molecule has 0 radical (unpaired) electrons. The van der Waals surface area contributed by atoms with E-state index < -0.39 is 17.8 Å². The second-order valence-corrected chi connectivity index (χ2v) is 5.13. The highest BCUT2D eigenvalue weighted by atomic mass is 19.4. The number of nitrogens with one attached hydrogen (secondary N) is 1. The molecule has 0 bridgehead atoms. The van der Waals surface area contributed by atoms with Crippen molar-refractivity contribution in [3.8, 4) is 0 Å². The standard InChI is InChI=1S/C14H18F3NO/c1-9-6-7-10(14(15,16)17)8-12(9)18-11-4-2-3-5-13(11)19/h6-8,11,13,18-19H,2-5H2,1H3/t11-,13-/m1/s1. The molecule has 1 aromatic carbocycles. The Bertz CT molecular complexity index is 445. The molecule has 0 aromatic heterocycles. The van der Waals surface area contributed by atoms with Crippen LogP contribution in [0.15, 0.2) is 18.2 Å². The van der Waals surface area contributed by atoms with E-state index >= 15 is 0 Å². The van der Waals surface area contributed by atoms with Gasteiger partial charge in [0.1, 0.15) is 0 Å². The minimum absolute atomic E-state index is 0.157. The highest BCUT2D eigenvalue weighted by Gasteiger charge is 2.31. The van der Waals surface area contributed by atoms with Crippen molar-refractivity contribution in [2.45, 2.75) is 50.9 Å². The van der Waals surface area contributed by atoms with Crippen molar-refractivity contribution in [3.05, 3.63) is 29.3 Å². The first-order valence-corrected chi connectivity index (χ1v) is 6.50. The van der Waals surface area contributed by atoms with Gasteiger partial charge in [-0.2, -0.15) is 13.2 Å². The van der Waals surface area contributed by atoms with Crippen LogP contribution in [0.1, 0.15) is 36.8 Å². The molecule has 0 aliphatic heterocycles. The lowest BCUT2D eigenvalue weighted by Gasteiger charge is -2.30. The molecule has 0 amide bonds. The first kappa shape index (κ1) is 14.2. The molecule has 1 aliphatic carbocycles. The molecule has 2 atom stereocenters. The number of aryl methyl sites for hydroxylation is 1. The van der Waals surface area contributed by atoms with Crippen LogP contribution in [0.3, 0.4) is 0 Å². The van der Waals surface area contributed by atoms with Crippen LogP contribution < -0.4 is 5.32 Å². The molecule has 2 N–H and O–H groups in total. The van der Waals surface area contributed by atoms with Crippen LogP contribution in [0, 0.1) is 6.92 Å². The Labute approximate surface area is 110 Å². The predicted molar refractivity (Wildman–Crippen MR) is 68.1 cm³/mol. The molecule has 1 aliphatic rings. The zero-order valence-electron chi connectivity index (χ0n) is 10.8. The monoisotopic (exact) mass is 273 g/mol. The third kappa shape index (κ3) is 3.41. The van der Waals surface area contributed by atoms with Gasteiger partial charge in [0, 0.05) is 5.69 Å². The molecular formula is C14H18F3NO. The van der Waals surface area contributed by atoms with Gasteiger partial charge in [-0.25, -0.2) is 0 Å². The van der Waals surface area contributed by atoms with E-state index in [1.165, 1.54) is 6.07 Å². The number of benzene rings is 1. The number of alkyl halides is 3. The second-order valence-electron chi connectivity index (χ2n) is 5.13. The molecule has 0 spiro atoms. The Morgan fingerprint density at radius 2 is 1.89 bits per heavy atom. The highest BCUT2D eigenvalue weighted by molar-refractivity contribution is 5.54. The van der Waals surface area contributed by atoms with E-state index in [2.05, 4.69) is 5.32 Å². The van der Waals surface area contributed by atoms with Crippen LogP contribution in [0.5, 0.6) is 0 Å². The summed E-state index contributed by atoms with van der Waals surface area (Å²) in [5, 5.41) is 12.9. The fraction of sp³-hybridized carbons (Fsp3) is 0.571. The quantitative estimate of drug-likeness (QED) is 0.860. The maximum Gasteiger partial charge on any atom is 0.416 e. The van der Waals surface area contributed by atoms with Crippen LogP contribution in [-0.4, -0.2) is 17.3 Å². The molecule has 0 heterocycles. The number of aliphatic hydroxyl groups is 1. The smallest absolute Gasteiger partial charge is 0.391 e. The van der Waals surface area contributed by atoms with Crippen molar-refractivity contribution in [2.75, 3.05) is 5.32 Å². The number of halogens is 3. The number of hydrogen-bond donors (Lipinski definition) is 2. The van der Waals surface area contributed by atoms with Crippen molar-refractivity contribution < 1.29 is 18.3 Å². The van der Waals surface area contributed by atoms with E-state index in [0.717, 1.165) is 37.0 Å². The lowest BCUT2D eigenvalue weighted by Crippen LogP contribution is -2.36. The highest BCUT2D eigenvalue weighted by Crippen LogP contribution is 2.33. The summed E-state index contributed by atoms with van der Waals surface area (Å²) >= 11 is 0. The SMILES string of the molecule is Cc1ccc(C(F)(F)F)cc1N[C@@H]1CCCC[C@H]1O. The molecule has 0 unspecified atom stereocenters. The topological polar surface area (TPSA) is 32.3 Å². The largest absolute Gasteiger partial charge is 0.416 e. The van der Waals surface area contributed by atoms with E-state index in [4.69, 9.17) is 0 Å². The number of anilines is 1. The Morgan fingerprint density at radius 3 is 2.53 bits per heavy atom. The average Bonchev–Trinajstić information content (AvgIpc) is 2.33. The third-order valence-corrected chi connectivity index (χ3v) is 3.64. The maximum absolute atomic E-state index is 12.7. The minimum Gasteiger partial charge on any atom is -0.391 e. The van der Waals surface area contributed by atoms with Gasteiger partial charge in [0.15, 0.2) is 0 Å². The van der Waals surface area contributed by atoms with Gasteiger partial charge in [0.05, 0.1) is 17.7 Å². The van der Waals surface area contributed by atoms with Crippen molar-refractivity contribution in [1.29, 1.82) is 0 Å². The van der Waals surface area contributed by atoms with Crippen molar-refractivity contribution in [1.82, 2.24) is 0 Å². The molecule has 5 heteroatoms. The zero-order valence-corrected chi connectivity index (χ0v) is 10.8. The number of aliphatic hydroxyl groups excluding tert-OH is 1. The van der Waals surface area contributed by atoms with E-state index in [0.29, 0.717) is 12.1 Å². The summed E-state index contributed by atoms with van der Waals surface area (Å²) in [5.41, 5.74) is 0.553. The van der Waals surface area contributed by atoms with Gasteiger partial charge >= 0.3 is 6.18 Å². The van der Waals surface area contributed by atoms with Crippen molar-refractivity contribution in [2.24, 2.45) is 0 Å². The van der Waals surface area contributed by atoms with Gasteiger partial charge in [0.2, 0.25) is 0 Å². The third-order valence-electron chi connectivity index (χ3n) is 3.64. The summed E-state index contributed by atoms with van der Waals surface area (Å²) in [5.74, 6) is 0.